The fraction of sp³-hybridized carbons (Fsp3) is 0.647. The number of benzene rings is 1. The van der Waals surface area contributed by atoms with Gasteiger partial charge in [0.2, 0.25) is 0 Å². The summed E-state index contributed by atoms with van der Waals surface area (Å²) in [6.07, 6.45) is 7.42. The van der Waals surface area contributed by atoms with Crippen molar-refractivity contribution in [1.29, 1.82) is 0 Å². The molecule has 0 fully saturated rings. The molecule has 0 spiro atoms. The van der Waals surface area contributed by atoms with Gasteiger partial charge in [0.15, 0.2) is 11.5 Å². The summed E-state index contributed by atoms with van der Waals surface area (Å²) in [4.78, 5) is 0. The van der Waals surface area contributed by atoms with Crippen molar-refractivity contribution in [2.75, 3.05) is 26.3 Å². The molecule has 0 saturated carbocycles. The quantitative estimate of drug-likeness (QED) is 0.669. The van der Waals surface area contributed by atoms with Crippen LogP contribution in [-0.2, 0) is 6.42 Å². The molecule has 0 unspecified atom stereocenters. The molecule has 1 aromatic carbocycles. The van der Waals surface area contributed by atoms with E-state index in [0.717, 1.165) is 35.5 Å². The molecule has 1 aromatic rings. The monoisotopic (exact) mass is 355 g/mol. The van der Waals surface area contributed by atoms with Crippen LogP contribution in [-0.4, -0.2) is 26.3 Å². The molecule has 0 radical (unpaired) electrons. The second kappa shape index (κ2) is 9.31. The van der Waals surface area contributed by atoms with Crippen LogP contribution < -0.4 is 14.8 Å². The normalized spacial score (nSPS) is 13.4. The molecule has 1 N–H and O–H groups in total. The van der Waals surface area contributed by atoms with E-state index in [1.807, 2.05) is 6.07 Å². The van der Waals surface area contributed by atoms with Crippen LogP contribution in [0.25, 0.3) is 0 Å². The van der Waals surface area contributed by atoms with Gasteiger partial charge in [0, 0.05) is 4.47 Å². The molecule has 0 amide bonds. The molecule has 2 rings (SSSR count). The molecule has 3 nitrogen and oxygen atoms in total. The predicted octanol–water partition coefficient (Wildman–Crippen LogP) is 4.32. The van der Waals surface area contributed by atoms with E-state index in [4.69, 9.17) is 9.47 Å². The Bertz CT molecular complexity index is 437. The molecule has 118 valence electrons. The summed E-state index contributed by atoms with van der Waals surface area (Å²) in [5.74, 6) is 1.75. The van der Waals surface area contributed by atoms with Crippen LogP contribution in [0, 0.1) is 0 Å². The van der Waals surface area contributed by atoms with Crippen molar-refractivity contribution in [1.82, 2.24) is 5.32 Å². The minimum Gasteiger partial charge on any atom is -0.486 e. The standard InChI is InChI=1S/C17H26BrNO2/c1-2-8-19-9-6-4-3-5-7-14-12-16-17(13-15(14)18)21-11-10-20-16/h12-13,19H,2-11H2,1H3. The highest BCUT2D eigenvalue weighted by Gasteiger charge is 2.14. The molecule has 1 heterocycles. The van der Waals surface area contributed by atoms with Gasteiger partial charge in [-0.3, -0.25) is 0 Å². The number of hydrogen-bond acceptors (Lipinski definition) is 3. The van der Waals surface area contributed by atoms with Gasteiger partial charge >= 0.3 is 0 Å². The number of hydrogen-bond donors (Lipinski definition) is 1. The number of aryl methyl sites for hydroxylation is 1. The number of nitrogens with one attached hydrogen (secondary N) is 1. The van der Waals surface area contributed by atoms with E-state index in [0.29, 0.717) is 13.2 Å². The zero-order valence-electron chi connectivity index (χ0n) is 12.9. The first-order valence-corrected chi connectivity index (χ1v) is 8.89. The maximum Gasteiger partial charge on any atom is 0.162 e. The lowest BCUT2D eigenvalue weighted by molar-refractivity contribution is 0.171. The Balaban J connectivity index is 1.68. The molecular weight excluding hydrogens is 330 g/mol. The van der Waals surface area contributed by atoms with Crippen molar-refractivity contribution in [3.05, 3.63) is 22.2 Å². The Morgan fingerprint density at radius 2 is 1.71 bits per heavy atom. The van der Waals surface area contributed by atoms with E-state index in [1.165, 1.54) is 37.7 Å². The van der Waals surface area contributed by atoms with Crippen LogP contribution in [0.4, 0.5) is 0 Å². The van der Waals surface area contributed by atoms with Gasteiger partial charge in [-0.1, -0.05) is 35.7 Å². The zero-order chi connectivity index (χ0) is 14.9. The summed E-state index contributed by atoms with van der Waals surface area (Å²) < 4.78 is 12.4. The van der Waals surface area contributed by atoms with Crippen molar-refractivity contribution >= 4 is 15.9 Å². The largest absolute Gasteiger partial charge is 0.486 e. The van der Waals surface area contributed by atoms with Crippen LogP contribution in [0.15, 0.2) is 16.6 Å². The fourth-order valence-corrected chi connectivity index (χ4v) is 3.04. The Kier molecular flexibility index (Phi) is 7.37. The maximum atomic E-state index is 5.65. The fourth-order valence-electron chi connectivity index (χ4n) is 2.52. The lowest BCUT2D eigenvalue weighted by atomic mass is 10.1. The van der Waals surface area contributed by atoms with Gasteiger partial charge in [0.1, 0.15) is 13.2 Å². The molecule has 0 saturated heterocycles. The zero-order valence-corrected chi connectivity index (χ0v) is 14.5. The topological polar surface area (TPSA) is 30.5 Å². The van der Waals surface area contributed by atoms with Gasteiger partial charge in [-0.05, 0) is 56.5 Å². The lowest BCUT2D eigenvalue weighted by Gasteiger charge is -2.20. The van der Waals surface area contributed by atoms with Crippen molar-refractivity contribution in [2.24, 2.45) is 0 Å². The number of rotatable bonds is 9. The molecule has 0 atom stereocenters. The average Bonchev–Trinajstić information content (AvgIpc) is 2.50. The first-order valence-electron chi connectivity index (χ1n) is 8.10. The minimum absolute atomic E-state index is 0.644. The highest BCUT2D eigenvalue weighted by molar-refractivity contribution is 9.10. The summed E-state index contributed by atoms with van der Waals surface area (Å²) in [6, 6.07) is 4.17. The smallest absolute Gasteiger partial charge is 0.162 e. The third kappa shape index (κ3) is 5.51. The third-order valence-electron chi connectivity index (χ3n) is 3.69. The predicted molar refractivity (Wildman–Crippen MR) is 90.5 cm³/mol. The Morgan fingerprint density at radius 3 is 2.48 bits per heavy atom. The SMILES string of the molecule is CCCNCCCCCCc1cc2c(cc1Br)OCCO2. The van der Waals surface area contributed by atoms with E-state index in [1.54, 1.807) is 0 Å². The second-order valence-electron chi connectivity index (χ2n) is 5.50. The molecule has 1 aliphatic heterocycles. The molecule has 0 aliphatic carbocycles. The van der Waals surface area contributed by atoms with Crippen LogP contribution in [0.1, 0.15) is 44.6 Å². The summed E-state index contributed by atoms with van der Waals surface area (Å²) in [5, 5.41) is 3.45. The van der Waals surface area contributed by atoms with Crippen molar-refractivity contribution < 1.29 is 9.47 Å². The van der Waals surface area contributed by atoms with E-state index < -0.39 is 0 Å². The number of halogens is 1. The second-order valence-corrected chi connectivity index (χ2v) is 6.36. The molecule has 0 aromatic heterocycles. The minimum atomic E-state index is 0.644. The van der Waals surface area contributed by atoms with E-state index in [9.17, 15) is 0 Å². The Labute approximate surface area is 136 Å². The third-order valence-corrected chi connectivity index (χ3v) is 4.43. The maximum absolute atomic E-state index is 5.65. The van der Waals surface area contributed by atoms with E-state index in [2.05, 4.69) is 34.2 Å². The van der Waals surface area contributed by atoms with Crippen LogP contribution in [0.2, 0.25) is 0 Å². The van der Waals surface area contributed by atoms with Crippen molar-refractivity contribution in [3.63, 3.8) is 0 Å². The van der Waals surface area contributed by atoms with Gasteiger partial charge in [0.05, 0.1) is 0 Å². The Morgan fingerprint density at radius 1 is 1.00 bits per heavy atom. The van der Waals surface area contributed by atoms with Gasteiger partial charge in [-0.25, -0.2) is 0 Å². The molecule has 21 heavy (non-hydrogen) atoms. The van der Waals surface area contributed by atoms with Crippen molar-refractivity contribution in [3.8, 4) is 11.5 Å². The molecule has 0 bridgehead atoms. The van der Waals surface area contributed by atoms with E-state index in [-0.39, 0.29) is 0 Å². The first-order chi connectivity index (χ1) is 10.3. The highest BCUT2D eigenvalue weighted by atomic mass is 79.9. The first kappa shape index (κ1) is 16.6. The van der Waals surface area contributed by atoms with Gasteiger partial charge in [0.25, 0.3) is 0 Å². The number of ether oxygens (including phenoxy) is 2. The highest BCUT2D eigenvalue weighted by Crippen LogP contribution is 2.36. The molecule has 4 heteroatoms. The summed E-state index contributed by atoms with van der Waals surface area (Å²) in [7, 11) is 0. The van der Waals surface area contributed by atoms with E-state index >= 15 is 0 Å². The van der Waals surface area contributed by atoms with Gasteiger partial charge in [-0.15, -0.1) is 0 Å². The molecule has 1 aliphatic rings. The number of fused-ring (bicyclic) bond motifs is 1. The molecular formula is C17H26BrNO2. The summed E-state index contributed by atoms with van der Waals surface area (Å²) in [5.41, 5.74) is 1.32. The van der Waals surface area contributed by atoms with Crippen molar-refractivity contribution in [2.45, 2.75) is 45.4 Å². The Hall–Kier alpha value is -0.740. The summed E-state index contributed by atoms with van der Waals surface area (Å²) >= 11 is 3.64. The summed E-state index contributed by atoms with van der Waals surface area (Å²) in [6.45, 7) is 5.80. The van der Waals surface area contributed by atoms with Gasteiger partial charge < -0.3 is 14.8 Å². The van der Waals surface area contributed by atoms with Crippen LogP contribution in [0.5, 0.6) is 11.5 Å². The van der Waals surface area contributed by atoms with Gasteiger partial charge in [-0.2, -0.15) is 0 Å². The lowest BCUT2D eigenvalue weighted by Crippen LogP contribution is -2.15. The van der Waals surface area contributed by atoms with Crippen LogP contribution in [0.3, 0.4) is 0 Å². The number of unbranched alkanes of at least 4 members (excludes halogenated alkanes) is 3. The average molecular weight is 356 g/mol. The van der Waals surface area contributed by atoms with Crippen LogP contribution >= 0.6 is 15.9 Å².